The summed E-state index contributed by atoms with van der Waals surface area (Å²) in [6.07, 6.45) is 1.43. The molecule has 0 aliphatic rings. The number of phenols is 1. The number of nitrogens with one attached hydrogen (secondary N) is 1. The van der Waals surface area contributed by atoms with Crippen LogP contribution < -0.4 is 11.1 Å². The van der Waals surface area contributed by atoms with Crippen molar-refractivity contribution in [3.05, 3.63) is 29.8 Å². The molecule has 5 heteroatoms. The molecular formula is C15H24N2O2S. The van der Waals surface area contributed by atoms with Crippen LogP contribution in [0.25, 0.3) is 0 Å². The number of hydrogen-bond acceptors (Lipinski definition) is 4. The van der Waals surface area contributed by atoms with Gasteiger partial charge in [0, 0.05) is 6.04 Å². The fourth-order valence-corrected chi connectivity index (χ4v) is 2.61. The summed E-state index contributed by atoms with van der Waals surface area (Å²) in [6.45, 7) is 4.13. The van der Waals surface area contributed by atoms with E-state index in [1.807, 2.05) is 18.7 Å². The Morgan fingerprint density at radius 3 is 2.65 bits per heavy atom. The molecule has 1 amide bonds. The number of carbonyl (C=O) groups is 1. The summed E-state index contributed by atoms with van der Waals surface area (Å²) in [4.78, 5) is 12.0. The van der Waals surface area contributed by atoms with Gasteiger partial charge in [-0.25, -0.2) is 0 Å². The maximum Gasteiger partial charge on any atom is 0.237 e. The van der Waals surface area contributed by atoms with Gasteiger partial charge in [-0.2, -0.15) is 11.8 Å². The molecule has 1 aromatic rings. The summed E-state index contributed by atoms with van der Waals surface area (Å²) in [6, 6.07) is 6.36. The first kappa shape index (κ1) is 16.9. The number of thioether (sulfide) groups is 1. The normalized spacial score (nSPS) is 13.8. The van der Waals surface area contributed by atoms with Crippen molar-refractivity contribution in [2.24, 2.45) is 5.73 Å². The Kier molecular flexibility index (Phi) is 7.47. The highest BCUT2D eigenvalue weighted by atomic mass is 32.2. The summed E-state index contributed by atoms with van der Waals surface area (Å²) in [7, 11) is 0. The van der Waals surface area contributed by atoms with E-state index in [0.29, 0.717) is 6.42 Å². The number of rotatable bonds is 8. The van der Waals surface area contributed by atoms with E-state index in [1.165, 1.54) is 0 Å². The second-order valence-corrected chi connectivity index (χ2v) is 6.27. The minimum absolute atomic E-state index is 0.118. The summed E-state index contributed by atoms with van der Waals surface area (Å²) in [5.41, 5.74) is 6.85. The van der Waals surface area contributed by atoms with Crippen molar-refractivity contribution in [2.45, 2.75) is 38.8 Å². The highest BCUT2D eigenvalue weighted by Crippen LogP contribution is 2.11. The Morgan fingerprint density at radius 1 is 1.40 bits per heavy atom. The van der Waals surface area contributed by atoms with E-state index in [0.717, 1.165) is 23.5 Å². The van der Waals surface area contributed by atoms with Gasteiger partial charge < -0.3 is 16.2 Å². The van der Waals surface area contributed by atoms with Crippen LogP contribution in [0.15, 0.2) is 24.3 Å². The molecule has 0 fully saturated rings. The van der Waals surface area contributed by atoms with Gasteiger partial charge in [0.2, 0.25) is 5.91 Å². The molecule has 0 aromatic heterocycles. The Hall–Kier alpha value is -1.20. The van der Waals surface area contributed by atoms with E-state index < -0.39 is 6.04 Å². The van der Waals surface area contributed by atoms with Crippen molar-refractivity contribution in [1.82, 2.24) is 5.32 Å². The molecule has 4 N–H and O–H groups in total. The van der Waals surface area contributed by atoms with Crippen molar-refractivity contribution < 1.29 is 9.90 Å². The van der Waals surface area contributed by atoms with Crippen molar-refractivity contribution in [1.29, 1.82) is 0 Å². The number of carbonyl (C=O) groups excluding carboxylic acids is 1. The average Bonchev–Trinajstić information content (AvgIpc) is 2.41. The van der Waals surface area contributed by atoms with Crippen LogP contribution in [0, 0.1) is 0 Å². The number of benzene rings is 1. The number of nitrogens with two attached hydrogens (primary N) is 1. The number of hydrogen-bond donors (Lipinski definition) is 3. The summed E-state index contributed by atoms with van der Waals surface area (Å²) >= 11 is 1.87. The average molecular weight is 296 g/mol. The van der Waals surface area contributed by atoms with Gasteiger partial charge in [-0.3, -0.25) is 4.79 Å². The lowest BCUT2D eigenvalue weighted by atomic mass is 10.1. The quantitative estimate of drug-likeness (QED) is 0.641. The predicted molar refractivity (Wildman–Crippen MR) is 85.0 cm³/mol. The Morgan fingerprint density at radius 2 is 2.05 bits per heavy atom. The monoisotopic (exact) mass is 296 g/mol. The first-order valence-corrected chi connectivity index (χ1v) is 8.10. The molecule has 0 saturated carbocycles. The molecular weight excluding hydrogens is 272 g/mol. The Balaban J connectivity index is 2.36. The summed E-state index contributed by atoms with van der Waals surface area (Å²) in [5, 5.41) is 12.2. The lowest BCUT2D eigenvalue weighted by Crippen LogP contribution is -2.45. The fraction of sp³-hybridized carbons (Fsp3) is 0.533. The van der Waals surface area contributed by atoms with E-state index in [4.69, 9.17) is 5.73 Å². The zero-order valence-electron chi connectivity index (χ0n) is 12.1. The molecule has 1 aromatic carbocycles. The van der Waals surface area contributed by atoms with Gasteiger partial charge >= 0.3 is 0 Å². The number of amides is 1. The molecule has 0 aliphatic carbocycles. The summed E-state index contributed by atoms with van der Waals surface area (Å²) < 4.78 is 0. The lowest BCUT2D eigenvalue weighted by Gasteiger charge is -2.17. The maximum atomic E-state index is 12.0. The highest BCUT2D eigenvalue weighted by Gasteiger charge is 2.16. The van der Waals surface area contributed by atoms with Gasteiger partial charge in [0.15, 0.2) is 0 Å². The lowest BCUT2D eigenvalue weighted by molar-refractivity contribution is -0.122. The highest BCUT2D eigenvalue weighted by molar-refractivity contribution is 7.99. The third kappa shape index (κ3) is 6.30. The minimum Gasteiger partial charge on any atom is -0.508 e. The third-order valence-electron chi connectivity index (χ3n) is 3.02. The van der Waals surface area contributed by atoms with Crippen molar-refractivity contribution in [2.75, 3.05) is 11.5 Å². The first-order chi connectivity index (χ1) is 9.52. The van der Waals surface area contributed by atoms with Crippen LogP contribution in [0.2, 0.25) is 0 Å². The summed E-state index contributed by atoms with van der Waals surface area (Å²) in [5.74, 6) is 2.24. The SMILES string of the molecule is CCSCCC(C)NC(=O)[C@@H](N)Cc1ccc(O)cc1. The van der Waals surface area contributed by atoms with E-state index >= 15 is 0 Å². The molecule has 0 heterocycles. The third-order valence-corrected chi connectivity index (χ3v) is 3.95. The van der Waals surface area contributed by atoms with Gasteiger partial charge in [-0.05, 0) is 49.0 Å². The predicted octanol–water partition coefficient (Wildman–Crippen LogP) is 1.91. The van der Waals surface area contributed by atoms with Crippen LogP contribution in [0.4, 0.5) is 0 Å². The van der Waals surface area contributed by atoms with E-state index in [1.54, 1.807) is 24.3 Å². The van der Waals surface area contributed by atoms with Gasteiger partial charge in [-0.15, -0.1) is 0 Å². The molecule has 1 unspecified atom stereocenters. The van der Waals surface area contributed by atoms with E-state index in [-0.39, 0.29) is 17.7 Å². The maximum absolute atomic E-state index is 12.0. The van der Waals surface area contributed by atoms with Crippen LogP contribution in [0.1, 0.15) is 25.8 Å². The van der Waals surface area contributed by atoms with Gasteiger partial charge in [0.05, 0.1) is 6.04 Å². The number of aromatic hydroxyl groups is 1. The van der Waals surface area contributed by atoms with Crippen LogP contribution >= 0.6 is 11.8 Å². The van der Waals surface area contributed by atoms with E-state index in [2.05, 4.69) is 12.2 Å². The van der Waals surface area contributed by atoms with Crippen LogP contribution in [-0.2, 0) is 11.2 Å². The molecule has 4 nitrogen and oxygen atoms in total. The molecule has 1 rings (SSSR count). The molecule has 0 bridgehead atoms. The topological polar surface area (TPSA) is 75.4 Å². The molecule has 0 saturated heterocycles. The van der Waals surface area contributed by atoms with Crippen LogP contribution in [0.3, 0.4) is 0 Å². The van der Waals surface area contributed by atoms with Crippen molar-refractivity contribution in [3.63, 3.8) is 0 Å². The van der Waals surface area contributed by atoms with Gasteiger partial charge in [0.1, 0.15) is 5.75 Å². The molecule has 20 heavy (non-hydrogen) atoms. The second-order valence-electron chi connectivity index (χ2n) is 4.87. The fourth-order valence-electron chi connectivity index (χ4n) is 1.81. The standard InChI is InChI=1S/C15H24N2O2S/c1-3-20-9-8-11(2)17-15(19)14(16)10-12-4-6-13(18)7-5-12/h4-7,11,14,18H,3,8-10,16H2,1-2H3,(H,17,19)/t11?,14-/m0/s1. The molecule has 2 atom stereocenters. The smallest absolute Gasteiger partial charge is 0.237 e. The molecule has 0 spiro atoms. The van der Waals surface area contributed by atoms with Crippen molar-refractivity contribution in [3.8, 4) is 5.75 Å². The van der Waals surface area contributed by atoms with Gasteiger partial charge in [0.25, 0.3) is 0 Å². The Bertz CT molecular complexity index is 409. The first-order valence-electron chi connectivity index (χ1n) is 6.94. The Labute approximate surface area is 125 Å². The second kappa shape index (κ2) is 8.87. The minimum atomic E-state index is -0.555. The van der Waals surface area contributed by atoms with Crippen molar-refractivity contribution >= 4 is 17.7 Å². The van der Waals surface area contributed by atoms with Crippen LogP contribution in [-0.4, -0.2) is 34.6 Å². The molecule has 112 valence electrons. The number of phenolic OH excluding ortho intramolecular Hbond substituents is 1. The zero-order valence-corrected chi connectivity index (χ0v) is 13.0. The van der Waals surface area contributed by atoms with Crippen LogP contribution in [0.5, 0.6) is 5.75 Å². The molecule has 0 radical (unpaired) electrons. The zero-order chi connectivity index (χ0) is 15.0. The van der Waals surface area contributed by atoms with E-state index in [9.17, 15) is 9.90 Å². The van der Waals surface area contributed by atoms with Gasteiger partial charge in [-0.1, -0.05) is 19.1 Å². The molecule has 0 aliphatic heterocycles. The largest absolute Gasteiger partial charge is 0.508 e.